The molecule has 0 fully saturated rings. The summed E-state index contributed by atoms with van der Waals surface area (Å²) in [7, 11) is 1.56. The van der Waals surface area contributed by atoms with Crippen LogP contribution in [-0.2, 0) is 11.2 Å². The summed E-state index contributed by atoms with van der Waals surface area (Å²) in [6.07, 6.45) is 0.836. The average molecular weight is 325 g/mol. The number of nitrogens with zero attached hydrogens (tertiary/aromatic N) is 1. The molecule has 6 heteroatoms. The number of amides is 1. The van der Waals surface area contributed by atoms with Gasteiger partial charge in [-0.15, -0.1) is 0 Å². The Hall–Kier alpha value is -3.02. The van der Waals surface area contributed by atoms with Crippen LogP contribution >= 0.6 is 0 Å². The van der Waals surface area contributed by atoms with Crippen LogP contribution in [0.4, 0.5) is 5.69 Å². The van der Waals surface area contributed by atoms with Gasteiger partial charge in [-0.25, -0.2) is 4.98 Å². The van der Waals surface area contributed by atoms with E-state index < -0.39 is 0 Å². The van der Waals surface area contributed by atoms with Crippen molar-refractivity contribution in [3.8, 4) is 11.5 Å². The molecule has 1 amide bonds. The lowest BCUT2D eigenvalue weighted by molar-refractivity contribution is -0.118. The van der Waals surface area contributed by atoms with Crippen molar-refractivity contribution in [2.75, 3.05) is 19.0 Å². The molecule has 0 aliphatic carbocycles. The normalized spacial score (nSPS) is 10.6. The fourth-order valence-corrected chi connectivity index (χ4v) is 2.39. The number of hydrogen-bond acceptors (Lipinski definition) is 4. The summed E-state index contributed by atoms with van der Waals surface area (Å²) in [6.45, 7) is 1.94. The van der Waals surface area contributed by atoms with Gasteiger partial charge in [0.2, 0.25) is 0 Å². The van der Waals surface area contributed by atoms with Gasteiger partial charge in [-0.3, -0.25) is 4.79 Å². The van der Waals surface area contributed by atoms with Crippen molar-refractivity contribution in [1.82, 2.24) is 9.97 Å². The third-order valence-electron chi connectivity index (χ3n) is 3.58. The second-order valence-electron chi connectivity index (χ2n) is 5.26. The molecule has 0 aliphatic rings. The van der Waals surface area contributed by atoms with E-state index in [0.29, 0.717) is 17.2 Å². The Kier molecular flexibility index (Phi) is 4.65. The van der Waals surface area contributed by atoms with Gasteiger partial charge >= 0.3 is 0 Å². The molecule has 0 aliphatic heterocycles. The van der Waals surface area contributed by atoms with E-state index in [-0.39, 0.29) is 12.5 Å². The summed E-state index contributed by atoms with van der Waals surface area (Å²) in [5.41, 5.74) is 2.48. The van der Waals surface area contributed by atoms with Gasteiger partial charge in [0.1, 0.15) is 5.82 Å². The van der Waals surface area contributed by atoms with E-state index in [1.807, 2.05) is 37.3 Å². The smallest absolute Gasteiger partial charge is 0.262 e. The van der Waals surface area contributed by atoms with Gasteiger partial charge in [0.05, 0.1) is 18.1 Å². The summed E-state index contributed by atoms with van der Waals surface area (Å²) in [5.74, 6) is 1.81. The molecule has 1 aromatic heterocycles. The maximum atomic E-state index is 12.1. The quantitative estimate of drug-likeness (QED) is 0.730. The van der Waals surface area contributed by atoms with Crippen LogP contribution < -0.4 is 14.8 Å². The molecule has 0 spiro atoms. The Morgan fingerprint density at radius 1 is 1.21 bits per heavy atom. The van der Waals surface area contributed by atoms with Crippen LogP contribution in [0, 0.1) is 0 Å². The molecule has 6 nitrogen and oxygen atoms in total. The second-order valence-corrected chi connectivity index (χ2v) is 5.26. The summed E-state index contributed by atoms with van der Waals surface area (Å²) in [6, 6.07) is 12.8. The number of carbonyl (C=O) groups is 1. The highest BCUT2D eigenvalue weighted by Crippen LogP contribution is 2.25. The van der Waals surface area contributed by atoms with Crippen LogP contribution in [0.15, 0.2) is 42.5 Å². The summed E-state index contributed by atoms with van der Waals surface area (Å²) in [4.78, 5) is 19.7. The lowest BCUT2D eigenvalue weighted by atomic mass is 10.3. The second kappa shape index (κ2) is 7.04. The number of methoxy groups -OCH3 is 1. The van der Waals surface area contributed by atoms with Crippen LogP contribution in [-0.4, -0.2) is 29.6 Å². The van der Waals surface area contributed by atoms with Crippen molar-refractivity contribution in [2.45, 2.75) is 13.3 Å². The fourth-order valence-electron chi connectivity index (χ4n) is 2.39. The van der Waals surface area contributed by atoms with Crippen molar-refractivity contribution >= 4 is 22.6 Å². The number of anilines is 1. The number of fused-ring (bicyclic) bond motifs is 1. The molecular formula is C18H19N3O3. The van der Waals surface area contributed by atoms with Gasteiger partial charge in [0.15, 0.2) is 18.1 Å². The molecule has 0 saturated heterocycles. The molecular weight excluding hydrogens is 306 g/mol. The molecule has 3 rings (SSSR count). The molecule has 2 aromatic carbocycles. The first kappa shape index (κ1) is 15.9. The number of hydrogen-bond donors (Lipinski definition) is 2. The maximum Gasteiger partial charge on any atom is 0.262 e. The number of imidazole rings is 1. The van der Waals surface area contributed by atoms with Gasteiger partial charge in [-0.05, 0) is 30.3 Å². The summed E-state index contributed by atoms with van der Waals surface area (Å²) < 4.78 is 10.7. The number of aromatic nitrogens is 2. The number of aryl methyl sites for hydroxylation is 1. The van der Waals surface area contributed by atoms with Crippen molar-refractivity contribution in [3.63, 3.8) is 0 Å². The summed E-state index contributed by atoms with van der Waals surface area (Å²) in [5, 5.41) is 2.82. The zero-order valence-corrected chi connectivity index (χ0v) is 13.6. The van der Waals surface area contributed by atoms with Crippen LogP contribution in [0.1, 0.15) is 12.7 Å². The van der Waals surface area contributed by atoms with Crippen LogP contribution in [0.3, 0.4) is 0 Å². The highest BCUT2D eigenvalue weighted by atomic mass is 16.5. The average Bonchev–Trinajstić information content (AvgIpc) is 3.02. The van der Waals surface area contributed by atoms with Gasteiger partial charge in [0, 0.05) is 12.1 Å². The molecule has 24 heavy (non-hydrogen) atoms. The van der Waals surface area contributed by atoms with Crippen molar-refractivity contribution in [2.24, 2.45) is 0 Å². The van der Waals surface area contributed by atoms with Crippen LogP contribution in [0.5, 0.6) is 11.5 Å². The molecule has 2 N–H and O–H groups in total. The van der Waals surface area contributed by atoms with E-state index in [9.17, 15) is 4.79 Å². The number of benzene rings is 2. The van der Waals surface area contributed by atoms with Crippen LogP contribution in [0.2, 0.25) is 0 Å². The van der Waals surface area contributed by atoms with E-state index in [0.717, 1.165) is 23.3 Å². The number of ether oxygens (including phenoxy) is 2. The third kappa shape index (κ3) is 3.48. The van der Waals surface area contributed by atoms with E-state index in [2.05, 4.69) is 15.3 Å². The van der Waals surface area contributed by atoms with Crippen molar-refractivity contribution in [3.05, 3.63) is 48.3 Å². The number of rotatable bonds is 6. The monoisotopic (exact) mass is 325 g/mol. The molecule has 0 radical (unpaired) electrons. The van der Waals surface area contributed by atoms with Gasteiger partial charge in [-0.2, -0.15) is 0 Å². The zero-order valence-electron chi connectivity index (χ0n) is 13.6. The van der Waals surface area contributed by atoms with E-state index in [1.54, 1.807) is 19.2 Å². The molecule has 0 bridgehead atoms. The Bertz CT molecular complexity index is 858. The first-order chi connectivity index (χ1) is 11.7. The zero-order chi connectivity index (χ0) is 16.9. The van der Waals surface area contributed by atoms with E-state index in [1.165, 1.54) is 0 Å². The third-order valence-corrected chi connectivity index (χ3v) is 3.58. The van der Waals surface area contributed by atoms with Crippen molar-refractivity contribution in [1.29, 1.82) is 0 Å². The molecule has 1 heterocycles. The minimum absolute atomic E-state index is 0.0956. The molecule has 0 saturated carbocycles. The molecule has 0 unspecified atom stereocenters. The van der Waals surface area contributed by atoms with Gasteiger partial charge < -0.3 is 19.8 Å². The first-order valence-electron chi connectivity index (χ1n) is 7.74. The largest absolute Gasteiger partial charge is 0.493 e. The minimum Gasteiger partial charge on any atom is -0.493 e. The number of carbonyl (C=O) groups excluding carboxylic acids is 1. The predicted octanol–water partition coefficient (Wildman–Crippen LogP) is 3.15. The van der Waals surface area contributed by atoms with E-state index >= 15 is 0 Å². The number of para-hydroxylation sites is 2. The summed E-state index contributed by atoms with van der Waals surface area (Å²) >= 11 is 0. The van der Waals surface area contributed by atoms with Gasteiger partial charge in [-0.1, -0.05) is 19.1 Å². The maximum absolute atomic E-state index is 12.1. The minimum atomic E-state index is -0.240. The van der Waals surface area contributed by atoms with Crippen LogP contribution in [0.25, 0.3) is 11.0 Å². The topological polar surface area (TPSA) is 76.2 Å². The number of aromatic amines is 1. The highest BCUT2D eigenvalue weighted by molar-refractivity contribution is 5.94. The first-order valence-corrected chi connectivity index (χ1v) is 7.74. The SMILES string of the molecule is CCc1nc2ccc(NC(=O)COc3ccccc3OC)cc2[nH]1. The lowest BCUT2D eigenvalue weighted by Gasteiger charge is -2.10. The molecule has 0 atom stereocenters. The number of H-pyrrole nitrogens is 1. The molecule has 124 valence electrons. The Balaban J connectivity index is 1.64. The van der Waals surface area contributed by atoms with E-state index in [4.69, 9.17) is 9.47 Å². The highest BCUT2D eigenvalue weighted by Gasteiger charge is 2.08. The Morgan fingerprint density at radius 2 is 2.00 bits per heavy atom. The lowest BCUT2D eigenvalue weighted by Crippen LogP contribution is -2.20. The standard InChI is InChI=1S/C18H19N3O3/c1-3-17-20-13-9-8-12(10-14(13)21-17)19-18(22)11-24-16-7-5-4-6-15(16)23-2/h4-10H,3,11H2,1-2H3,(H,19,22)(H,20,21). The fraction of sp³-hybridized carbons (Fsp3) is 0.222. The Morgan fingerprint density at radius 3 is 2.75 bits per heavy atom. The molecule has 3 aromatic rings. The number of nitrogens with one attached hydrogen (secondary N) is 2. The Labute approximate surface area is 139 Å². The van der Waals surface area contributed by atoms with Gasteiger partial charge in [0.25, 0.3) is 5.91 Å². The predicted molar refractivity (Wildman–Crippen MR) is 92.6 cm³/mol. The van der Waals surface area contributed by atoms with Crippen molar-refractivity contribution < 1.29 is 14.3 Å².